The fourth-order valence-electron chi connectivity index (χ4n) is 3.95. The third kappa shape index (κ3) is 4.47. The lowest BCUT2D eigenvalue weighted by atomic mass is 9.97. The molecule has 32 heavy (non-hydrogen) atoms. The highest BCUT2D eigenvalue weighted by atomic mass is 35.5. The van der Waals surface area contributed by atoms with Gasteiger partial charge in [-0.15, -0.1) is 0 Å². The van der Waals surface area contributed by atoms with Crippen molar-refractivity contribution in [3.8, 4) is 11.3 Å². The van der Waals surface area contributed by atoms with Gasteiger partial charge in [-0.3, -0.25) is 19.4 Å². The van der Waals surface area contributed by atoms with Crippen LogP contribution in [0, 0.1) is 5.82 Å². The fourth-order valence-corrected chi connectivity index (χ4v) is 4.15. The van der Waals surface area contributed by atoms with Crippen molar-refractivity contribution in [1.29, 1.82) is 0 Å². The minimum Gasteiger partial charge on any atom is -0.354 e. The Morgan fingerprint density at radius 2 is 2.03 bits per heavy atom. The van der Waals surface area contributed by atoms with E-state index in [1.54, 1.807) is 6.92 Å². The lowest BCUT2D eigenvalue weighted by Crippen LogP contribution is -2.56. The lowest BCUT2D eigenvalue weighted by Gasteiger charge is -2.45. The second-order valence-electron chi connectivity index (χ2n) is 7.44. The first-order chi connectivity index (χ1) is 15.2. The largest absolute Gasteiger partial charge is 0.354 e. The van der Waals surface area contributed by atoms with Crippen LogP contribution < -0.4 is 5.32 Å². The second kappa shape index (κ2) is 9.44. The highest BCUT2D eigenvalue weighted by molar-refractivity contribution is 6.29. The molecule has 3 heterocycles. The summed E-state index contributed by atoms with van der Waals surface area (Å²) < 4.78 is 15.8. The molecule has 0 unspecified atom stereocenters. The molecule has 1 fully saturated rings. The number of nitrogens with zero attached hydrogens (tertiary/aromatic N) is 4. The maximum Gasteiger partial charge on any atom is 0.269 e. The molecule has 8 nitrogen and oxygen atoms in total. The molecule has 2 aromatic heterocycles. The minimum absolute atomic E-state index is 0.0121. The number of carbonyl (C=O) groups is 3. The monoisotopic (exact) mass is 459 g/mol. The Bertz CT molecular complexity index is 1090. The Hall–Kier alpha value is -3.33. The molecule has 2 atom stereocenters. The third-order valence-electron chi connectivity index (χ3n) is 5.35. The Morgan fingerprint density at radius 3 is 2.66 bits per heavy atom. The number of hydrogen-bond acceptors (Lipinski definition) is 5. The molecule has 0 aromatic carbocycles. The molecule has 1 aliphatic heterocycles. The molecule has 0 spiro atoms. The molecular formula is C22H23ClFN5O3. The van der Waals surface area contributed by atoms with E-state index in [4.69, 9.17) is 11.6 Å². The number of amides is 3. The van der Waals surface area contributed by atoms with Gasteiger partial charge in [0.25, 0.3) is 5.91 Å². The molecule has 3 rings (SSSR count). The summed E-state index contributed by atoms with van der Waals surface area (Å²) in [5.41, 5.74) is 0.439. The van der Waals surface area contributed by atoms with E-state index >= 15 is 4.39 Å². The smallest absolute Gasteiger partial charge is 0.269 e. The number of pyridine rings is 2. The van der Waals surface area contributed by atoms with Crippen LogP contribution in [-0.4, -0.2) is 63.7 Å². The van der Waals surface area contributed by atoms with E-state index in [2.05, 4.69) is 21.9 Å². The molecule has 2 aromatic rings. The SMILES string of the molecule is C=CC(=O)N1C[C@@H](C)N(C(C)=O)[C@H](c2cc(Cl)nc(-c3ccnc(C(=O)NC)c3)c2F)C1. The molecular weight excluding hydrogens is 437 g/mol. The summed E-state index contributed by atoms with van der Waals surface area (Å²) in [6, 6.07) is 3.14. The predicted molar refractivity (Wildman–Crippen MR) is 117 cm³/mol. The van der Waals surface area contributed by atoms with Crippen LogP contribution >= 0.6 is 11.6 Å². The van der Waals surface area contributed by atoms with Gasteiger partial charge in [-0.25, -0.2) is 9.37 Å². The van der Waals surface area contributed by atoms with E-state index in [0.29, 0.717) is 12.1 Å². The van der Waals surface area contributed by atoms with Crippen molar-refractivity contribution in [3.63, 3.8) is 0 Å². The van der Waals surface area contributed by atoms with E-state index in [1.807, 2.05) is 0 Å². The molecule has 0 bridgehead atoms. The predicted octanol–water partition coefficient (Wildman–Crippen LogP) is 2.60. The zero-order valence-corrected chi connectivity index (χ0v) is 18.7. The van der Waals surface area contributed by atoms with Crippen LogP contribution in [0.1, 0.15) is 35.9 Å². The van der Waals surface area contributed by atoms with E-state index in [0.717, 1.165) is 0 Å². The van der Waals surface area contributed by atoms with Gasteiger partial charge in [-0.2, -0.15) is 0 Å². The number of rotatable bonds is 4. The third-order valence-corrected chi connectivity index (χ3v) is 5.54. The van der Waals surface area contributed by atoms with Crippen molar-refractivity contribution >= 4 is 29.3 Å². The summed E-state index contributed by atoms with van der Waals surface area (Å²) >= 11 is 6.24. The molecule has 0 radical (unpaired) electrons. The summed E-state index contributed by atoms with van der Waals surface area (Å²) in [6.07, 6.45) is 2.56. The first-order valence-electron chi connectivity index (χ1n) is 9.92. The average molecular weight is 460 g/mol. The standard InChI is InChI=1S/C22H23ClFN5O3/c1-5-19(31)28-10-12(2)29(13(3)30)17(11-28)15-9-18(23)27-21(20(15)24)14-6-7-26-16(8-14)22(32)25-4/h5-9,12,17H,1,10-11H2,2-4H3,(H,25,32)/t12-,17+/m1/s1. The minimum atomic E-state index is -0.778. The molecule has 1 aliphatic rings. The molecule has 10 heteroatoms. The topological polar surface area (TPSA) is 95.5 Å². The first kappa shape index (κ1) is 23.3. The maximum atomic E-state index is 15.8. The Morgan fingerprint density at radius 1 is 1.31 bits per heavy atom. The number of hydrogen-bond donors (Lipinski definition) is 1. The number of halogens is 2. The van der Waals surface area contributed by atoms with Gasteiger partial charge in [0, 0.05) is 50.4 Å². The Labute approximate surface area is 190 Å². The molecule has 0 saturated carbocycles. The van der Waals surface area contributed by atoms with Crippen LogP contribution in [0.2, 0.25) is 5.15 Å². The van der Waals surface area contributed by atoms with Gasteiger partial charge in [-0.05, 0) is 31.2 Å². The number of carbonyl (C=O) groups excluding carboxylic acids is 3. The summed E-state index contributed by atoms with van der Waals surface area (Å²) in [7, 11) is 1.46. The van der Waals surface area contributed by atoms with Gasteiger partial charge in [-0.1, -0.05) is 18.2 Å². The summed E-state index contributed by atoms with van der Waals surface area (Å²) in [6.45, 7) is 7.07. The Balaban J connectivity index is 2.14. The van der Waals surface area contributed by atoms with Crippen LogP contribution in [0.3, 0.4) is 0 Å². The highest BCUT2D eigenvalue weighted by Gasteiger charge is 2.38. The van der Waals surface area contributed by atoms with Crippen molar-refractivity contribution in [2.24, 2.45) is 0 Å². The normalized spacial score (nSPS) is 18.3. The van der Waals surface area contributed by atoms with Gasteiger partial charge in [0.15, 0.2) is 5.82 Å². The van der Waals surface area contributed by atoms with Crippen LogP contribution in [0.5, 0.6) is 0 Å². The van der Waals surface area contributed by atoms with Crippen molar-refractivity contribution in [3.05, 3.63) is 59.3 Å². The van der Waals surface area contributed by atoms with Gasteiger partial charge in [0.2, 0.25) is 11.8 Å². The van der Waals surface area contributed by atoms with Crippen LogP contribution in [0.25, 0.3) is 11.3 Å². The van der Waals surface area contributed by atoms with Crippen molar-refractivity contribution in [2.75, 3.05) is 20.1 Å². The lowest BCUT2D eigenvalue weighted by molar-refractivity contribution is -0.143. The van der Waals surface area contributed by atoms with Crippen LogP contribution in [0.4, 0.5) is 4.39 Å². The van der Waals surface area contributed by atoms with E-state index in [9.17, 15) is 14.4 Å². The van der Waals surface area contributed by atoms with E-state index in [-0.39, 0.29) is 46.5 Å². The molecule has 168 valence electrons. The second-order valence-corrected chi connectivity index (χ2v) is 7.83. The van der Waals surface area contributed by atoms with Crippen molar-refractivity contribution < 1.29 is 18.8 Å². The molecule has 1 saturated heterocycles. The van der Waals surface area contributed by atoms with Crippen molar-refractivity contribution in [2.45, 2.75) is 25.9 Å². The average Bonchev–Trinajstić information content (AvgIpc) is 2.78. The molecule has 1 N–H and O–H groups in total. The summed E-state index contributed by atoms with van der Waals surface area (Å²) in [4.78, 5) is 47.8. The highest BCUT2D eigenvalue weighted by Crippen LogP contribution is 2.35. The van der Waals surface area contributed by atoms with Crippen molar-refractivity contribution in [1.82, 2.24) is 25.1 Å². The number of aromatic nitrogens is 2. The zero-order chi connectivity index (χ0) is 23.6. The van der Waals surface area contributed by atoms with Gasteiger partial charge in [0.05, 0.1) is 6.04 Å². The van der Waals surface area contributed by atoms with E-state index < -0.39 is 17.8 Å². The van der Waals surface area contributed by atoms with Crippen LogP contribution in [0.15, 0.2) is 37.1 Å². The van der Waals surface area contributed by atoms with Gasteiger partial charge < -0.3 is 15.1 Å². The number of piperazine rings is 1. The maximum absolute atomic E-state index is 15.8. The summed E-state index contributed by atoms with van der Waals surface area (Å²) in [5.74, 6) is -1.69. The van der Waals surface area contributed by atoms with E-state index in [1.165, 1.54) is 54.2 Å². The zero-order valence-electron chi connectivity index (χ0n) is 17.9. The van der Waals surface area contributed by atoms with Crippen LogP contribution in [-0.2, 0) is 9.59 Å². The number of nitrogens with one attached hydrogen (secondary N) is 1. The quantitative estimate of drug-likeness (QED) is 0.560. The van der Waals surface area contributed by atoms with Gasteiger partial charge >= 0.3 is 0 Å². The summed E-state index contributed by atoms with van der Waals surface area (Å²) in [5, 5.41) is 2.47. The van der Waals surface area contributed by atoms with Gasteiger partial charge in [0.1, 0.15) is 16.5 Å². The first-order valence-corrected chi connectivity index (χ1v) is 10.3. The Kier molecular flexibility index (Phi) is 6.88. The molecule has 3 amide bonds. The fraction of sp³-hybridized carbons (Fsp3) is 0.318. The molecule has 0 aliphatic carbocycles.